The molecule has 1 aromatic heterocycles. The summed E-state index contributed by atoms with van der Waals surface area (Å²) in [4.78, 5) is 21.9. The molecule has 17 heavy (non-hydrogen) atoms. The van der Waals surface area contributed by atoms with Crippen LogP contribution < -0.4 is 11.1 Å². The van der Waals surface area contributed by atoms with Gasteiger partial charge in [-0.3, -0.25) is 10.1 Å². The van der Waals surface area contributed by atoms with Gasteiger partial charge in [-0.1, -0.05) is 5.16 Å². The molecular formula is C10H15N3O3S. The number of hydrogen-bond donors (Lipinski definition) is 2. The van der Waals surface area contributed by atoms with Crippen LogP contribution in [0.2, 0.25) is 0 Å². The van der Waals surface area contributed by atoms with Gasteiger partial charge in [0.15, 0.2) is 0 Å². The number of hydrogen-bond acceptors (Lipinski definition) is 5. The van der Waals surface area contributed by atoms with Crippen molar-refractivity contribution in [2.24, 2.45) is 5.73 Å². The maximum absolute atomic E-state index is 11.4. The minimum atomic E-state index is -0.834. The standard InChI is InChI=1S/C10H15N3O3S/c1-5-8(6(2)16-13-5)4-17-7(3)9(14)12-10(11)15/h7H,4H2,1-3H3,(H3,11,12,14,15). The molecule has 3 N–H and O–H groups in total. The number of amides is 3. The van der Waals surface area contributed by atoms with Crippen LogP contribution in [0.5, 0.6) is 0 Å². The summed E-state index contributed by atoms with van der Waals surface area (Å²) in [6, 6.07) is -0.834. The molecule has 0 aliphatic carbocycles. The van der Waals surface area contributed by atoms with E-state index in [1.54, 1.807) is 6.92 Å². The molecule has 6 nitrogen and oxygen atoms in total. The van der Waals surface area contributed by atoms with Gasteiger partial charge >= 0.3 is 6.03 Å². The average Bonchev–Trinajstić information content (AvgIpc) is 2.54. The molecule has 94 valence electrons. The molecule has 3 amide bonds. The fraction of sp³-hybridized carbons (Fsp3) is 0.500. The van der Waals surface area contributed by atoms with Crippen molar-refractivity contribution < 1.29 is 14.1 Å². The lowest BCUT2D eigenvalue weighted by Crippen LogP contribution is -2.39. The van der Waals surface area contributed by atoms with Crippen LogP contribution in [-0.4, -0.2) is 22.3 Å². The van der Waals surface area contributed by atoms with Crippen LogP contribution in [0.1, 0.15) is 23.9 Å². The first-order chi connectivity index (χ1) is 7.91. The molecule has 1 aromatic rings. The number of thioether (sulfide) groups is 1. The molecule has 0 bridgehead atoms. The molecule has 0 radical (unpaired) electrons. The van der Waals surface area contributed by atoms with Gasteiger partial charge in [0, 0.05) is 11.3 Å². The number of nitrogens with two attached hydrogens (primary N) is 1. The molecule has 1 rings (SSSR count). The monoisotopic (exact) mass is 257 g/mol. The van der Waals surface area contributed by atoms with Gasteiger partial charge in [0.2, 0.25) is 5.91 Å². The Morgan fingerprint density at radius 1 is 1.53 bits per heavy atom. The number of primary amides is 1. The van der Waals surface area contributed by atoms with Crippen molar-refractivity contribution in [2.75, 3.05) is 0 Å². The van der Waals surface area contributed by atoms with E-state index in [2.05, 4.69) is 5.16 Å². The summed E-state index contributed by atoms with van der Waals surface area (Å²) in [6.07, 6.45) is 0. The molecular weight excluding hydrogens is 242 g/mol. The molecule has 0 aliphatic heterocycles. The number of carbonyl (C=O) groups excluding carboxylic acids is 2. The molecule has 0 fully saturated rings. The fourth-order valence-electron chi connectivity index (χ4n) is 1.22. The van der Waals surface area contributed by atoms with Crippen LogP contribution in [0.15, 0.2) is 4.52 Å². The second-order valence-electron chi connectivity index (χ2n) is 3.61. The van der Waals surface area contributed by atoms with Crippen LogP contribution in [0.4, 0.5) is 4.79 Å². The van der Waals surface area contributed by atoms with Crippen molar-refractivity contribution in [1.82, 2.24) is 10.5 Å². The molecule has 1 unspecified atom stereocenters. The quantitative estimate of drug-likeness (QED) is 0.841. The van der Waals surface area contributed by atoms with E-state index in [9.17, 15) is 9.59 Å². The normalized spacial score (nSPS) is 12.2. The number of carbonyl (C=O) groups is 2. The lowest BCUT2D eigenvalue weighted by molar-refractivity contribution is -0.119. The first-order valence-electron chi connectivity index (χ1n) is 5.05. The molecule has 7 heteroatoms. The van der Waals surface area contributed by atoms with Crippen LogP contribution in [0, 0.1) is 13.8 Å². The molecule has 0 aliphatic rings. The second-order valence-corrected chi connectivity index (χ2v) is 4.94. The van der Waals surface area contributed by atoms with Gasteiger partial charge in [-0.15, -0.1) is 11.8 Å². The van der Waals surface area contributed by atoms with Crippen LogP contribution in [0.25, 0.3) is 0 Å². The van der Waals surface area contributed by atoms with Crippen LogP contribution in [0.3, 0.4) is 0 Å². The third kappa shape index (κ3) is 3.77. The van der Waals surface area contributed by atoms with E-state index in [4.69, 9.17) is 10.3 Å². The Morgan fingerprint density at radius 2 is 2.18 bits per heavy atom. The largest absolute Gasteiger partial charge is 0.361 e. The van der Waals surface area contributed by atoms with Gasteiger partial charge in [0.1, 0.15) is 5.76 Å². The van der Waals surface area contributed by atoms with Crippen molar-refractivity contribution in [2.45, 2.75) is 31.8 Å². The number of aromatic nitrogens is 1. The highest BCUT2D eigenvalue weighted by Gasteiger charge is 2.17. The van der Waals surface area contributed by atoms with E-state index in [-0.39, 0.29) is 5.25 Å². The maximum Gasteiger partial charge on any atom is 0.318 e. The van der Waals surface area contributed by atoms with Gasteiger partial charge in [-0.2, -0.15) is 0 Å². The minimum absolute atomic E-state index is 0.365. The molecule has 0 saturated carbocycles. The van der Waals surface area contributed by atoms with Gasteiger partial charge in [-0.05, 0) is 20.8 Å². The highest BCUT2D eigenvalue weighted by molar-refractivity contribution is 7.99. The van der Waals surface area contributed by atoms with Crippen molar-refractivity contribution in [3.8, 4) is 0 Å². The first kappa shape index (κ1) is 13.6. The highest BCUT2D eigenvalue weighted by atomic mass is 32.2. The third-order valence-electron chi connectivity index (χ3n) is 2.27. The molecule has 1 atom stereocenters. The summed E-state index contributed by atoms with van der Waals surface area (Å²) >= 11 is 1.39. The summed E-state index contributed by atoms with van der Waals surface area (Å²) in [5.74, 6) is 0.959. The predicted octanol–water partition coefficient (Wildman–Crippen LogP) is 1.11. The highest BCUT2D eigenvalue weighted by Crippen LogP contribution is 2.22. The summed E-state index contributed by atoms with van der Waals surface area (Å²) in [7, 11) is 0. The zero-order chi connectivity index (χ0) is 13.0. The SMILES string of the molecule is Cc1noc(C)c1CSC(C)C(=O)NC(N)=O. The topological polar surface area (TPSA) is 98.2 Å². The van der Waals surface area contributed by atoms with E-state index < -0.39 is 11.9 Å². The fourth-order valence-corrected chi connectivity index (χ4v) is 2.25. The van der Waals surface area contributed by atoms with Gasteiger partial charge in [0.25, 0.3) is 0 Å². The Bertz CT molecular complexity index is 411. The number of nitrogens with one attached hydrogen (secondary N) is 1. The average molecular weight is 257 g/mol. The predicted molar refractivity (Wildman–Crippen MR) is 64.5 cm³/mol. The van der Waals surface area contributed by atoms with E-state index in [0.717, 1.165) is 17.0 Å². The van der Waals surface area contributed by atoms with Gasteiger partial charge in [-0.25, -0.2) is 4.79 Å². The zero-order valence-corrected chi connectivity index (χ0v) is 10.8. The van der Waals surface area contributed by atoms with Gasteiger partial charge < -0.3 is 10.3 Å². The van der Waals surface area contributed by atoms with Crippen LogP contribution >= 0.6 is 11.8 Å². The number of rotatable bonds is 4. The lowest BCUT2D eigenvalue weighted by atomic mass is 10.2. The second kappa shape index (κ2) is 5.72. The summed E-state index contributed by atoms with van der Waals surface area (Å²) in [5.41, 5.74) is 6.66. The van der Waals surface area contributed by atoms with E-state index >= 15 is 0 Å². The minimum Gasteiger partial charge on any atom is -0.361 e. The lowest BCUT2D eigenvalue weighted by Gasteiger charge is -2.09. The number of aryl methyl sites for hydroxylation is 2. The zero-order valence-electron chi connectivity index (χ0n) is 9.94. The molecule has 0 saturated heterocycles. The Morgan fingerprint density at radius 3 is 2.65 bits per heavy atom. The number of nitrogens with zero attached hydrogens (tertiary/aromatic N) is 1. The van der Waals surface area contributed by atoms with Gasteiger partial charge in [0.05, 0.1) is 10.9 Å². The number of urea groups is 1. The summed E-state index contributed by atoms with van der Waals surface area (Å²) in [6.45, 7) is 5.38. The Balaban J connectivity index is 2.51. The van der Waals surface area contributed by atoms with Crippen molar-refractivity contribution in [3.05, 3.63) is 17.0 Å². The molecule has 0 spiro atoms. The van der Waals surface area contributed by atoms with Crippen molar-refractivity contribution >= 4 is 23.7 Å². The van der Waals surface area contributed by atoms with E-state index in [0.29, 0.717) is 5.75 Å². The van der Waals surface area contributed by atoms with E-state index in [1.807, 2.05) is 19.2 Å². The smallest absolute Gasteiger partial charge is 0.318 e. The van der Waals surface area contributed by atoms with Crippen molar-refractivity contribution in [1.29, 1.82) is 0 Å². The first-order valence-corrected chi connectivity index (χ1v) is 6.10. The number of imide groups is 1. The Kier molecular flexibility index (Phi) is 4.56. The van der Waals surface area contributed by atoms with Crippen LogP contribution in [-0.2, 0) is 10.5 Å². The third-order valence-corrected chi connectivity index (χ3v) is 3.44. The van der Waals surface area contributed by atoms with Crippen molar-refractivity contribution in [3.63, 3.8) is 0 Å². The molecule has 1 heterocycles. The Hall–Kier alpha value is -1.50. The maximum atomic E-state index is 11.4. The van der Waals surface area contributed by atoms with E-state index in [1.165, 1.54) is 11.8 Å². The Labute approximate surface area is 103 Å². The summed E-state index contributed by atoms with van der Waals surface area (Å²) < 4.78 is 5.01. The summed E-state index contributed by atoms with van der Waals surface area (Å²) in [5, 5.41) is 5.50. The molecule has 0 aromatic carbocycles.